The fourth-order valence-electron chi connectivity index (χ4n) is 0.855. The lowest BCUT2D eigenvalue weighted by molar-refractivity contribution is 0.452. The van der Waals surface area contributed by atoms with Gasteiger partial charge in [0, 0.05) is 38.0 Å². The van der Waals surface area contributed by atoms with Crippen LogP contribution in [0.4, 0.5) is 0 Å². The minimum atomic E-state index is -0.315. The Hall–Kier alpha value is 0.415. The molecule has 0 spiro atoms. The van der Waals surface area contributed by atoms with Gasteiger partial charge in [-0.25, -0.2) is 0 Å². The molecule has 0 aromatic carbocycles. The molecule has 0 aromatic rings. The summed E-state index contributed by atoms with van der Waals surface area (Å²) in [5.41, 5.74) is 0. The van der Waals surface area contributed by atoms with Crippen LogP contribution in [0.25, 0.3) is 0 Å². The molecule has 0 rings (SSSR count). The second kappa shape index (κ2) is 5.99. The molecule has 0 aromatic heterocycles. The Bertz CT molecular complexity index is 97.7. The van der Waals surface area contributed by atoms with Crippen LogP contribution in [0.2, 0.25) is 0 Å². The van der Waals surface area contributed by atoms with E-state index in [1.54, 1.807) is 0 Å². The maximum absolute atomic E-state index is 5.55. The zero-order chi connectivity index (χ0) is 8.85. The smallest absolute Gasteiger partial charge is 0.0628 e. The predicted molar refractivity (Wildman–Crippen MR) is 57.8 cm³/mol. The maximum Gasteiger partial charge on any atom is 0.0628 e. The molecule has 1 nitrogen and oxygen atoms in total. The summed E-state index contributed by atoms with van der Waals surface area (Å²) in [6, 6.07) is 0. The van der Waals surface area contributed by atoms with Crippen LogP contribution < -0.4 is 0 Å². The third-order valence-corrected chi connectivity index (χ3v) is 1.29. The normalized spacial score (nSPS) is 9.64. The van der Waals surface area contributed by atoms with Gasteiger partial charge in [0.1, 0.15) is 0 Å². The van der Waals surface area contributed by atoms with E-state index < -0.39 is 0 Å². The van der Waals surface area contributed by atoms with Crippen LogP contribution in [0, 0.1) is 0 Å². The molecule has 9 radical (unpaired) electrons. The van der Waals surface area contributed by atoms with Crippen LogP contribution in [0.15, 0.2) is 0 Å². The Morgan fingerprint density at radius 2 is 1.82 bits per heavy atom. The third kappa shape index (κ3) is 6.80. The van der Waals surface area contributed by atoms with Crippen LogP contribution in [-0.2, 0) is 0 Å². The second-order valence-corrected chi connectivity index (χ2v) is 2.74. The second-order valence-electron chi connectivity index (χ2n) is 2.74. The molecule has 0 aliphatic carbocycles. The SMILES string of the molecule is [B][B]B([B])CN(C)CB([B])[B]. The molecule has 0 heterocycles. The molecule has 0 fully saturated rings. The lowest BCUT2D eigenvalue weighted by Crippen LogP contribution is -2.43. The first kappa shape index (κ1) is 11.4. The summed E-state index contributed by atoms with van der Waals surface area (Å²) in [5, 5.41) is 0. The monoisotopic (exact) mass is 134 g/mol. The molecule has 0 amide bonds. The first-order valence-electron chi connectivity index (χ1n) is 3.56. The highest BCUT2D eigenvalue weighted by Crippen LogP contribution is 1.83. The summed E-state index contributed by atoms with van der Waals surface area (Å²) in [6.07, 6.45) is 1.31. The summed E-state index contributed by atoms with van der Waals surface area (Å²) in [6.45, 7) is -0.427. The molecule has 0 bridgehead atoms. The summed E-state index contributed by atoms with van der Waals surface area (Å²) in [7, 11) is 24.8. The van der Waals surface area contributed by atoms with Crippen molar-refractivity contribution >= 4 is 51.0 Å². The average molecular weight is 133 g/mol. The van der Waals surface area contributed by atoms with Gasteiger partial charge in [0.2, 0.25) is 0 Å². The van der Waals surface area contributed by atoms with Crippen molar-refractivity contribution in [3.63, 3.8) is 0 Å². The number of hydrogen-bond acceptors (Lipinski definition) is 1. The van der Waals surface area contributed by atoms with Crippen LogP contribution in [0.3, 0.4) is 0 Å². The Morgan fingerprint density at radius 1 is 1.27 bits per heavy atom. The van der Waals surface area contributed by atoms with Gasteiger partial charge in [-0.2, -0.15) is 0 Å². The topological polar surface area (TPSA) is 3.24 Å². The van der Waals surface area contributed by atoms with Crippen molar-refractivity contribution in [1.29, 1.82) is 0 Å². The van der Waals surface area contributed by atoms with Gasteiger partial charge in [-0.15, -0.1) is 0 Å². The van der Waals surface area contributed by atoms with Crippen molar-refractivity contribution in [3.8, 4) is 0 Å². The lowest BCUT2D eigenvalue weighted by atomic mass is 9.05. The first-order chi connectivity index (χ1) is 5.06. The van der Waals surface area contributed by atoms with E-state index in [2.05, 4.69) is 0 Å². The van der Waals surface area contributed by atoms with Crippen molar-refractivity contribution in [2.45, 2.75) is 0 Å². The lowest BCUT2D eigenvalue weighted by Gasteiger charge is -2.21. The minimum Gasteiger partial charge on any atom is -0.324 e. The molecule has 0 aliphatic rings. The molecule has 0 aliphatic heterocycles. The Balaban J connectivity index is 3.43. The van der Waals surface area contributed by atoms with E-state index in [1.807, 2.05) is 11.9 Å². The molecular weight excluding hydrogens is 126 g/mol. The van der Waals surface area contributed by atoms with Crippen molar-refractivity contribution in [2.24, 2.45) is 0 Å². The van der Waals surface area contributed by atoms with E-state index >= 15 is 0 Å². The van der Waals surface area contributed by atoms with E-state index in [1.165, 1.54) is 7.06 Å². The van der Waals surface area contributed by atoms with Gasteiger partial charge in [0.05, 0.1) is 13.0 Å². The minimum absolute atomic E-state index is 0.112. The van der Waals surface area contributed by atoms with Crippen LogP contribution in [-0.4, -0.2) is 75.8 Å². The van der Waals surface area contributed by atoms with Crippen molar-refractivity contribution in [1.82, 2.24) is 4.90 Å². The fraction of sp³-hybridized carbons (Fsp3) is 1.00. The first-order valence-corrected chi connectivity index (χ1v) is 3.56. The summed E-state index contributed by atoms with van der Waals surface area (Å²) in [5.74, 6) is 0. The fourth-order valence-corrected chi connectivity index (χ4v) is 0.855. The maximum atomic E-state index is 5.55. The highest BCUT2D eigenvalue weighted by Gasteiger charge is 2.07. The van der Waals surface area contributed by atoms with Gasteiger partial charge in [-0.05, 0) is 19.9 Å². The highest BCUT2D eigenvalue weighted by molar-refractivity contribution is 7.46. The van der Waals surface area contributed by atoms with E-state index in [-0.39, 0.29) is 13.0 Å². The van der Waals surface area contributed by atoms with E-state index in [4.69, 9.17) is 30.9 Å². The van der Waals surface area contributed by atoms with Crippen molar-refractivity contribution in [3.05, 3.63) is 0 Å². The van der Waals surface area contributed by atoms with Crippen molar-refractivity contribution in [2.75, 3.05) is 19.9 Å². The van der Waals surface area contributed by atoms with Gasteiger partial charge in [0.15, 0.2) is 0 Å². The molecule has 0 atom stereocenters. The average Bonchev–Trinajstić information content (AvgIpc) is 1.85. The van der Waals surface area contributed by atoms with E-state index in [9.17, 15) is 0 Å². The van der Waals surface area contributed by atoms with E-state index in [0.29, 0.717) is 12.9 Å². The van der Waals surface area contributed by atoms with Crippen LogP contribution in [0.1, 0.15) is 0 Å². The van der Waals surface area contributed by atoms with Crippen LogP contribution in [0.5, 0.6) is 0 Å². The van der Waals surface area contributed by atoms with Crippen molar-refractivity contribution < 1.29 is 0 Å². The zero-order valence-electron chi connectivity index (χ0n) is 6.90. The Labute approximate surface area is 76.4 Å². The molecule has 0 unspecified atom stereocenters. The predicted octanol–water partition coefficient (Wildman–Crippen LogP) is -2.73. The summed E-state index contributed by atoms with van der Waals surface area (Å²) in [4.78, 5) is 1.94. The van der Waals surface area contributed by atoms with Gasteiger partial charge in [-0.3, -0.25) is 0 Å². The zero-order valence-corrected chi connectivity index (χ0v) is 6.90. The number of hydrogen-bond donors (Lipinski definition) is 0. The summed E-state index contributed by atoms with van der Waals surface area (Å²) < 4.78 is 0. The Kier molecular flexibility index (Phi) is 6.22. The molecule has 11 heavy (non-hydrogen) atoms. The van der Waals surface area contributed by atoms with Gasteiger partial charge < -0.3 is 4.90 Å². The quantitative estimate of drug-likeness (QED) is 0.368. The summed E-state index contributed by atoms with van der Waals surface area (Å²) >= 11 is 0. The molecular formula is C3H7B7N. The van der Waals surface area contributed by atoms with Crippen LogP contribution >= 0.6 is 0 Å². The van der Waals surface area contributed by atoms with Gasteiger partial charge >= 0.3 is 0 Å². The molecule has 45 valence electrons. The molecule has 8 heteroatoms. The standard InChI is InChI=1S/C3H7B7N/c1-11(2-9(5)6)3-10(7)8-4/h2-3H2,1H3. The third-order valence-electron chi connectivity index (χ3n) is 1.29. The van der Waals surface area contributed by atoms with Gasteiger partial charge in [0.25, 0.3) is 0 Å². The van der Waals surface area contributed by atoms with Gasteiger partial charge in [-0.1, -0.05) is 0 Å². The largest absolute Gasteiger partial charge is 0.324 e. The molecule has 0 saturated carbocycles. The highest BCUT2D eigenvalue weighted by atomic mass is 15.1. The van der Waals surface area contributed by atoms with E-state index in [0.717, 1.165) is 0 Å². The molecule has 0 N–H and O–H groups in total. The molecule has 0 saturated heterocycles. The number of nitrogens with zero attached hydrogens (tertiary/aromatic N) is 1. The number of rotatable bonds is 5. The Morgan fingerprint density at radius 3 is 2.18 bits per heavy atom.